The van der Waals surface area contributed by atoms with Crippen LogP contribution in [0.2, 0.25) is 0 Å². The molecule has 0 atom stereocenters. The van der Waals surface area contributed by atoms with E-state index in [1.165, 1.54) is 6.07 Å². The predicted octanol–water partition coefficient (Wildman–Crippen LogP) is 2.79. The van der Waals surface area contributed by atoms with Crippen molar-refractivity contribution >= 4 is 23.2 Å². The summed E-state index contributed by atoms with van der Waals surface area (Å²) in [5.74, 6) is -0.755. The molecule has 0 radical (unpaired) electrons. The first-order valence-electron chi connectivity index (χ1n) is 5.44. The Morgan fingerprint density at radius 2 is 2.06 bits per heavy atom. The van der Waals surface area contributed by atoms with Gasteiger partial charge in [-0.2, -0.15) is 0 Å². The summed E-state index contributed by atoms with van der Waals surface area (Å²) in [7, 11) is 3.91. The number of carboxylic acids is 1. The van der Waals surface area contributed by atoms with Crippen LogP contribution in [0.3, 0.4) is 0 Å². The van der Waals surface area contributed by atoms with Crippen molar-refractivity contribution in [2.75, 3.05) is 24.3 Å². The molecule has 2 N–H and O–H groups in total. The highest BCUT2D eigenvalue weighted by atomic mass is 16.4. The number of furan rings is 1. The van der Waals surface area contributed by atoms with Crippen LogP contribution in [0.5, 0.6) is 0 Å². The van der Waals surface area contributed by atoms with Crippen LogP contribution in [0.15, 0.2) is 40.8 Å². The third-order valence-corrected chi connectivity index (χ3v) is 2.45. The lowest BCUT2D eigenvalue weighted by Crippen LogP contribution is -2.08. The van der Waals surface area contributed by atoms with Gasteiger partial charge in [0.25, 0.3) is 0 Å². The highest BCUT2D eigenvalue weighted by molar-refractivity contribution is 5.85. The maximum absolute atomic E-state index is 10.7. The minimum atomic E-state index is -1.08. The number of hydrogen-bond donors (Lipinski definition) is 2. The standard InChI is InChI=1S/C13H14N2O3/c1-15(2)10-5-3-4-9(8-10)14-12-7-6-11(18-12)13(16)17/h3-8,14H,1-2H3,(H,16,17). The second-order valence-corrected chi connectivity index (χ2v) is 4.04. The van der Waals surface area contributed by atoms with Crippen molar-refractivity contribution in [3.8, 4) is 0 Å². The molecule has 1 heterocycles. The first-order chi connectivity index (χ1) is 8.56. The van der Waals surface area contributed by atoms with Gasteiger partial charge in [-0.3, -0.25) is 0 Å². The average Bonchev–Trinajstić information content (AvgIpc) is 2.78. The van der Waals surface area contributed by atoms with E-state index in [9.17, 15) is 4.79 Å². The van der Waals surface area contributed by atoms with Gasteiger partial charge >= 0.3 is 5.97 Å². The Kier molecular flexibility index (Phi) is 3.23. The summed E-state index contributed by atoms with van der Waals surface area (Å²) < 4.78 is 5.13. The van der Waals surface area contributed by atoms with Gasteiger partial charge in [-0.15, -0.1) is 0 Å². The Morgan fingerprint density at radius 3 is 2.67 bits per heavy atom. The fraction of sp³-hybridized carbons (Fsp3) is 0.154. The molecule has 2 aromatic rings. The predicted molar refractivity (Wildman–Crippen MR) is 69.7 cm³/mol. The molecule has 2 rings (SSSR count). The summed E-state index contributed by atoms with van der Waals surface area (Å²) in [4.78, 5) is 12.7. The molecule has 5 heteroatoms. The number of nitrogens with one attached hydrogen (secondary N) is 1. The average molecular weight is 246 g/mol. The largest absolute Gasteiger partial charge is 0.475 e. The molecule has 5 nitrogen and oxygen atoms in total. The number of carbonyl (C=O) groups is 1. The Labute approximate surface area is 105 Å². The molecule has 0 saturated carbocycles. The van der Waals surface area contributed by atoms with Crippen molar-refractivity contribution in [2.24, 2.45) is 0 Å². The molecular weight excluding hydrogens is 232 g/mol. The third kappa shape index (κ3) is 2.63. The second kappa shape index (κ2) is 4.83. The van der Waals surface area contributed by atoms with Crippen LogP contribution in [0, 0.1) is 0 Å². The van der Waals surface area contributed by atoms with Crippen LogP contribution in [0.4, 0.5) is 17.3 Å². The SMILES string of the molecule is CN(C)c1cccc(Nc2ccc(C(=O)O)o2)c1. The molecule has 0 spiro atoms. The summed E-state index contributed by atoms with van der Waals surface area (Å²) in [6.45, 7) is 0. The Hall–Kier alpha value is -2.43. The van der Waals surface area contributed by atoms with Crippen LogP contribution < -0.4 is 10.2 Å². The zero-order valence-corrected chi connectivity index (χ0v) is 10.2. The summed E-state index contributed by atoms with van der Waals surface area (Å²) >= 11 is 0. The maximum Gasteiger partial charge on any atom is 0.371 e. The van der Waals surface area contributed by atoms with E-state index in [0.717, 1.165) is 11.4 Å². The molecule has 1 aromatic heterocycles. The maximum atomic E-state index is 10.7. The molecular formula is C13H14N2O3. The zero-order chi connectivity index (χ0) is 13.1. The van der Waals surface area contributed by atoms with Crippen LogP contribution in [-0.4, -0.2) is 25.2 Å². The van der Waals surface area contributed by atoms with Gasteiger partial charge in [0.1, 0.15) is 0 Å². The number of anilines is 3. The number of benzene rings is 1. The second-order valence-electron chi connectivity index (χ2n) is 4.04. The monoisotopic (exact) mass is 246 g/mol. The van der Waals surface area contributed by atoms with Gasteiger partial charge in [-0.1, -0.05) is 6.07 Å². The highest BCUT2D eigenvalue weighted by Crippen LogP contribution is 2.22. The first-order valence-corrected chi connectivity index (χ1v) is 5.44. The fourth-order valence-electron chi connectivity index (χ4n) is 1.52. The summed E-state index contributed by atoms with van der Waals surface area (Å²) in [6.07, 6.45) is 0. The molecule has 94 valence electrons. The molecule has 0 aliphatic rings. The first kappa shape index (κ1) is 12.0. The van der Waals surface area contributed by atoms with Crippen LogP contribution in [-0.2, 0) is 0 Å². The normalized spacial score (nSPS) is 10.1. The van der Waals surface area contributed by atoms with Crippen LogP contribution in [0.25, 0.3) is 0 Å². The molecule has 0 bridgehead atoms. The molecule has 0 fully saturated rings. The number of aromatic carboxylic acids is 1. The molecule has 0 amide bonds. The van der Waals surface area contributed by atoms with E-state index in [4.69, 9.17) is 9.52 Å². The highest BCUT2D eigenvalue weighted by Gasteiger charge is 2.08. The topological polar surface area (TPSA) is 65.7 Å². The third-order valence-electron chi connectivity index (χ3n) is 2.45. The van der Waals surface area contributed by atoms with E-state index in [1.54, 1.807) is 6.07 Å². The van der Waals surface area contributed by atoms with Gasteiger partial charge in [-0.25, -0.2) is 4.79 Å². The fourth-order valence-corrected chi connectivity index (χ4v) is 1.52. The van der Waals surface area contributed by atoms with Crippen molar-refractivity contribution < 1.29 is 14.3 Å². The number of nitrogens with zero attached hydrogens (tertiary/aromatic N) is 1. The Balaban J connectivity index is 2.17. The van der Waals surface area contributed by atoms with Gasteiger partial charge in [0.15, 0.2) is 5.88 Å². The van der Waals surface area contributed by atoms with E-state index >= 15 is 0 Å². The lowest BCUT2D eigenvalue weighted by Gasteiger charge is -2.13. The number of carboxylic acid groups (broad SMARTS) is 1. The number of rotatable bonds is 4. The molecule has 0 saturated heterocycles. The summed E-state index contributed by atoms with van der Waals surface area (Å²) in [6, 6.07) is 10.7. The molecule has 1 aromatic carbocycles. The van der Waals surface area contributed by atoms with Crippen molar-refractivity contribution in [3.05, 3.63) is 42.2 Å². The van der Waals surface area contributed by atoms with Crippen molar-refractivity contribution in [3.63, 3.8) is 0 Å². The molecule has 0 aliphatic heterocycles. The van der Waals surface area contributed by atoms with Gasteiger partial charge < -0.3 is 19.7 Å². The quantitative estimate of drug-likeness (QED) is 0.868. The Bertz CT molecular complexity index is 561. The lowest BCUT2D eigenvalue weighted by atomic mass is 10.2. The summed E-state index contributed by atoms with van der Waals surface area (Å²) in [5.41, 5.74) is 1.89. The van der Waals surface area contributed by atoms with E-state index < -0.39 is 5.97 Å². The van der Waals surface area contributed by atoms with Gasteiger partial charge in [-0.05, 0) is 24.3 Å². The van der Waals surface area contributed by atoms with Crippen molar-refractivity contribution in [1.82, 2.24) is 0 Å². The summed E-state index contributed by atoms with van der Waals surface area (Å²) in [5, 5.41) is 11.8. The van der Waals surface area contributed by atoms with E-state index in [-0.39, 0.29) is 5.76 Å². The van der Waals surface area contributed by atoms with E-state index in [1.807, 2.05) is 43.3 Å². The van der Waals surface area contributed by atoms with E-state index in [0.29, 0.717) is 5.88 Å². The Morgan fingerprint density at radius 1 is 1.28 bits per heavy atom. The van der Waals surface area contributed by atoms with Crippen molar-refractivity contribution in [1.29, 1.82) is 0 Å². The van der Waals surface area contributed by atoms with Crippen molar-refractivity contribution in [2.45, 2.75) is 0 Å². The minimum Gasteiger partial charge on any atom is -0.475 e. The van der Waals surface area contributed by atoms with Gasteiger partial charge in [0.2, 0.25) is 5.76 Å². The molecule has 0 aliphatic carbocycles. The van der Waals surface area contributed by atoms with Crippen LogP contribution in [0.1, 0.15) is 10.6 Å². The molecule has 18 heavy (non-hydrogen) atoms. The smallest absolute Gasteiger partial charge is 0.371 e. The molecule has 0 unspecified atom stereocenters. The number of hydrogen-bond acceptors (Lipinski definition) is 4. The van der Waals surface area contributed by atoms with Gasteiger partial charge in [0.05, 0.1) is 0 Å². The zero-order valence-electron chi connectivity index (χ0n) is 10.2. The van der Waals surface area contributed by atoms with Gasteiger partial charge in [0, 0.05) is 31.5 Å². The van der Waals surface area contributed by atoms with E-state index in [2.05, 4.69) is 5.32 Å². The minimum absolute atomic E-state index is 0.0822. The lowest BCUT2D eigenvalue weighted by molar-refractivity contribution is 0.0663. The van der Waals surface area contributed by atoms with Crippen LogP contribution >= 0.6 is 0 Å².